The number of hydrogen-bond donors (Lipinski definition) is 0. The molecule has 2 heterocycles. The topological polar surface area (TPSA) is 53.4 Å². The zero-order chi connectivity index (χ0) is 17.1. The van der Waals surface area contributed by atoms with Crippen LogP contribution in [-0.2, 0) is 14.3 Å². The van der Waals surface area contributed by atoms with Gasteiger partial charge in [-0.05, 0) is 35.2 Å². The number of ether oxygens (including phenoxy) is 2. The molecular weight excluding hydrogens is 328 g/mol. The number of halogens is 1. The number of fused-ring (bicyclic) bond motifs is 1. The monoisotopic (exact) mass is 342 g/mol. The van der Waals surface area contributed by atoms with Crippen molar-refractivity contribution in [1.82, 2.24) is 9.55 Å². The van der Waals surface area contributed by atoms with Crippen molar-refractivity contribution in [2.75, 3.05) is 14.2 Å². The molecule has 0 bridgehead atoms. The first-order chi connectivity index (χ1) is 11.6. The van der Waals surface area contributed by atoms with Crippen molar-refractivity contribution in [3.63, 3.8) is 0 Å². The summed E-state index contributed by atoms with van der Waals surface area (Å²) in [6.45, 7) is 0. The Kier molecular flexibility index (Phi) is 4.53. The van der Waals surface area contributed by atoms with Crippen LogP contribution in [0.4, 0.5) is 0 Å². The number of methoxy groups -OCH3 is 2. The summed E-state index contributed by atoms with van der Waals surface area (Å²) in [5, 5.41) is 1.45. The fourth-order valence-corrected chi connectivity index (χ4v) is 2.69. The Morgan fingerprint density at radius 1 is 1.21 bits per heavy atom. The van der Waals surface area contributed by atoms with Crippen molar-refractivity contribution in [1.29, 1.82) is 0 Å². The predicted molar refractivity (Wildman–Crippen MR) is 93.1 cm³/mol. The molecule has 0 aliphatic rings. The molecule has 6 heteroatoms. The van der Waals surface area contributed by atoms with E-state index in [1.807, 2.05) is 41.1 Å². The van der Waals surface area contributed by atoms with Crippen LogP contribution in [-0.4, -0.2) is 29.7 Å². The first kappa shape index (κ1) is 16.1. The number of benzene rings is 1. The fourth-order valence-electron chi connectivity index (χ4n) is 2.52. The Hall–Kier alpha value is -2.79. The smallest absolute Gasteiger partial charge is 0.341 e. The van der Waals surface area contributed by atoms with Crippen LogP contribution >= 0.6 is 11.6 Å². The lowest BCUT2D eigenvalue weighted by Gasteiger charge is -2.09. The second kappa shape index (κ2) is 6.76. The van der Waals surface area contributed by atoms with Gasteiger partial charge in [-0.25, -0.2) is 9.78 Å². The number of carbonyl (C=O) groups is 1. The number of hydrogen-bond acceptors (Lipinski definition) is 4. The highest BCUT2D eigenvalue weighted by Crippen LogP contribution is 2.26. The molecule has 0 spiro atoms. The van der Waals surface area contributed by atoms with Crippen LogP contribution in [0.1, 0.15) is 5.56 Å². The Labute approximate surface area is 144 Å². The zero-order valence-corrected chi connectivity index (χ0v) is 13.9. The number of carbonyl (C=O) groups excluding carboxylic acids is 1. The average Bonchev–Trinajstić information content (AvgIpc) is 3.02. The first-order valence-electron chi connectivity index (χ1n) is 7.18. The molecule has 0 aliphatic carbocycles. The van der Waals surface area contributed by atoms with Crippen molar-refractivity contribution in [2.24, 2.45) is 0 Å². The second-order valence-corrected chi connectivity index (χ2v) is 5.44. The van der Waals surface area contributed by atoms with Gasteiger partial charge in [-0.3, -0.25) is 0 Å². The third-order valence-corrected chi connectivity index (χ3v) is 3.84. The van der Waals surface area contributed by atoms with Crippen LogP contribution in [0.3, 0.4) is 0 Å². The van der Waals surface area contributed by atoms with Gasteiger partial charge in [0.25, 0.3) is 0 Å². The average molecular weight is 343 g/mol. The molecule has 0 aliphatic heterocycles. The molecular formula is C18H15ClN2O3. The van der Waals surface area contributed by atoms with Crippen LogP contribution < -0.4 is 0 Å². The summed E-state index contributed by atoms with van der Waals surface area (Å²) in [6.07, 6.45) is 4.97. The molecule has 0 fully saturated rings. The van der Waals surface area contributed by atoms with Crippen LogP contribution in [0, 0.1) is 0 Å². The molecule has 3 aromatic rings. The van der Waals surface area contributed by atoms with Crippen molar-refractivity contribution in [3.8, 4) is 5.69 Å². The lowest BCUT2D eigenvalue weighted by Crippen LogP contribution is -2.04. The standard InChI is InChI=1S/C18H15ClN2O3/c1-23-11-15(18(22)24-2)13-4-3-12-6-8-21(16(12)9-13)14-5-7-20-17(19)10-14/h3-11H,1-2H3/b15-11+. The summed E-state index contributed by atoms with van der Waals surface area (Å²) in [6, 6.07) is 11.3. The maximum absolute atomic E-state index is 12.0. The summed E-state index contributed by atoms with van der Waals surface area (Å²) in [7, 11) is 2.83. The number of aromatic nitrogens is 2. The molecule has 0 saturated heterocycles. The predicted octanol–water partition coefficient (Wildman–Crippen LogP) is 3.84. The highest BCUT2D eigenvalue weighted by atomic mass is 35.5. The maximum atomic E-state index is 12.0. The van der Waals surface area contributed by atoms with E-state index in [4.69, 9.17) is 21.1 Å². The van der Waals surface area contributed by atoms with E-state index in [0.29, 0.717) is 16.3 Å². The minimum atomic E-state index is -0.457. The third-order valence-electron chi connectivity index (χ3n) is 3.63. The van der Waals surface area contributed by atoms with E-state index in [0.717, 1.165) is 16.6 Å². The van der Waals surface area contributed by atoms with Gasteiger partial charge in [0.05, 0.1) is 31.7 Å². The zero-order valence-electron chi connectivity index (χ0n) is 13.2. The fraction of sp³-hybridized carbons (Fsp3) is 0.111. The number of pyridine rings is 1. The van der Waals surface area contributed by atoms with Crippen molar-refractivity contribution in [3.05, 3.63) is 65.8 Å². The van der Waals surface area contributed by atoms with E-state index < -0.39 is 5.97 Å². The van der Waals surface area contributed by atoms with E-state index in [1.165, 1.54) is 20.5 Å². The lowest BCUT2D eigenvalue weighted by molar-refractivity contribution is -0.133. The van der Waals surface area contributed by atoms with Crippen LogP contribution in [0.2, 0.25) is 5.15 Å². The van der Waals surface area contributed by atoms with E-state index in [-0.39, 0.29) is 0 Å². The quantitative estimate of drug-likeness (QED) is 0.313. The molecule has 0 N–H and O–H groups in total. The van der Waals surface area contributed by atoms with Gasteiger partial charge in [0, 0.05) is 12.4 Å². The van der Waals surface area contributed by atoms with E-state index in [1.54, 1.807) is 12.3 Å². The van der Waals surface area contributed by atoms with Crippen LogP contribution in [0.5, 0.6) is 0 Å². The minimum Gasteiger partial charge on any atom is -0.503 e. The van der Waals surface area contributed by atoms with E-state index in [2.05, 4.69) is 4.98 Å². The van der Waals surface area contributed by atoms with Gasteiger partial charge >= 0.3 is 5.97 Å². The summed E-state index contributed by atoms with van der Waals surface area (Å²) in [5.41, 5.74) is 2.87. The van der Waals surface area contributed by atoms with Gasteiger partial charge in [0.1, 0.15) is 10.7 Å². The highest BCUT2D eigenvalue weighted by Gasteiger charge is 2.15. The molecule has 2 aromatic heterocycles. The molecule has 122 valence electrons. The molecule has 3 rings (SSSR count). The van der Waals surface area contributed by atoms with Crippen LogP contribution in [0.25, 0.3) is 22.2 Å². The number of esters is 1. The minimum absolute atomic E-state index is 0.349. The SMILES string of the molecule is CO/C=C(/C(=O)OC)c1ccc2ccn(-c3ccnc(Cl)c3)c2c1. The number of nitrogens with zero attached hydrogens (tertiary/aromatic N) is 2. The molecule has 0 unspecified atom stereocenters. The first-order valence-corrected chi connectivity index (χ1v) is 7.56. The Morgan fingerprint density at radius 2 is 2.04 bits per heavy atom. The maximum Gasteiger partial charge on any atom is 0.341 e. The van der Waals surface area contributed by atoms with Gasteiger partial charge in [0.2, 0.25) is 0 Å². The third kappa shape index (κ3) is 2.98. The molecule has 0 radical (unpaired) electrons. The lowest BCUT2D eigenvalue weighted by atomic mass is 10.1. The van der Waals surface area contributed by atoms with E-state index in [9.17, 15) is 4.79 Å². The molecule has 24 heavy (non-hydrogen) atoms. The van der Waals surface area contributed by atoms with E-state index >= 15 is 0 Å². The van der Waals surface area contributed by atoms with Crippen molar-refractivity contribution < 1.29 is 14.3 Å². The largest absolute Gasteiger partial charge is 0.503 e. The Balaban J connectivity index is 2.15. The molecule has 5 nitrogen and oxygen atoms in total. The van der Waals surface area contributed by atoms with Gasteiger partial charge in [-0.1, -0.05) is 23.7 Å². The van der Waals surface area contributed by atoms with Crippen LogP contribution in [0.15, 0.2) is 55.1 Å². The summed E-state index contributed by atoms with van der Waals surface area (Å²) in [4.78, 5) is 16.0. The summed E-state index contributed by atoms with van der Waals surface area (Å²) in [5.74, 6) is -0.457. The summed E-state index contributed by atoms with van der Waals surface area (Å²) < 4.78 is 11.8. The van der Waals surface area contributed by atoms with Gasteiger partial charge in [0.15, 0.2) is 0 Å². The van der Waals surface area contributed by atoms with Crippen molar-refractivity contribution >= 4 is 34.0 Å². The van der Waals surface area contributed by atoms with Gasteiger partial charge in [-0.2, -0.15) is 0 Å². The molecule has 0 amide bonds. The molecule has 0 saturated carbocycles. The van der Waals surface area contributed by atoms with Gasteiger partial charge in [-0.15, -0.1) is 0 Å². The normalized spacial score (nSPS) is 11.5. The summed E-state index contributed by atoms with van der Waals surface area (Å²) >= 11 is 5.98. The highest BCUT2D eigenvalue weighted by molar-refractivity contribution is 6.29. The van der Waals surface area contributed by atoms with Gasteiger partial charge < -0.3 is 14.0 Å². The molecule has 0 atom stereocenters. The molecule has 1 aromatic carbocycles. The Bertz CT molecular complexity index is 931. The second-order valence-electron chi connectivity index (χ2n) is 5.05. The number of rotatable bonds is 4. The van der Waals surface area contributed by atoms with Crippen molar-refractivity contribution in [2.45, 2.75) is 0 Å². The Morgan fingerprint density at radius 3 is 2.75 bits per heavy atom.